The fourth-order valence-electron chi connectivity index (χ4n) is 2.37. The first-order valence-corrected chi connectivity index (χ1v) is 5.68. The van der Waals surface area contributed by atoms with Crippen LogP contribution in [0, 0.1) is 11.3 Å². The molecule has 0 spiro atoms. The van der Waals surface area contributed by atoms with Crippen LogP contribution in [0.1, 0.15) is 11.9 Å². The molecule has 0 saturated carbocycles. The third-order valence-corrected chi connectivity index (χ3v) is 3.25. The Morgan fingerprint density at radius 1 is 1.68 bits per heavy atom. The zero-order chi connectivity index (χ0) is 13.6. The van der Waals surface area contributed by atoms with Gasteiger partial charge in [0.15, 0.2) is 18.0 Å². The van der Waals surface area contributed by atoms with Gasteiger partial charge in [0.2, 0.25) is 0 Å². The van der Waals surface area contributed by atoms with Gasteiger partial charge in [0.1, 0.15) is 18.0 Å². The molecule has 0 unspecified atom stereocenters. The maximum Gasteiger partial charge on any atom is 0.284 e. The zero-order valence-electron chi connectivity index (χ0n) is 9.76. The van der Waals surface area contributed by atoms with Crippen LogP contribution in [0.2, 0.25) is 0 Å². The van der Waals surface area contributed by atoms with E-state index in [9.17, 15) is 5.11 Å². The second-order valence-corrected chi connectivity index (χ2v) is 4.34. The molecule has 3 heterocycles. The highest BCUT2D eigenvalue weighted by atomic mass is 16.5. The van der Waals surface area contributed by atoms with Crippen molar-refractivity contribution in [2.45, 2.75) is 24.4 Å². The Morgan fingerprint density at radius 3 is 3.16 bits per heavy atom. The Morgan fingerprint density at radius 2 is 2.47 bits per heavy atom. The first-order valence-electron chi connectivity index (χ1n) is 5.68. The van der Waals surface area contributed by atoms with Crippen LogP contribution in [-0.2, 0) is 4.74 Å². The molecule has 0 fully saturated rings. The number of rotatable bonds is 2. The molecule has 3 rings (SSSR count). The predicted octanol–water partition coefficient (Wildman–Crippen LogP) is -1.89. The minimum atomic E-state index is -1.07. The summed E-state index contributed by atoms with van der Waals surface area (Å²) in [6.07, 6.45) is -0.665. The van der Waals surface area contributed by atoms with Crippen molar-refractivity contribution in [3.8, 4) is 6.07 Å². The van der Waals surface area contributed by atoms with E-state index in [0.29, 0.717) is 5.82 Å². The number of amidine groups is 1. The molecule has 1 aromatic rings. The first kappa shape index (κ1) is 11.8. The molecule has 1 aromatic heterocycles. The van der Waals surface area contributed by atoms with E-state index in [-0.39, 0.29) is 11.7 Å². The number of nitrogens with two attached hydrogens (primary N) is 1. The fraction of sp³-hybridized carbons (Fsp3) is 0.500. The van der Waals surface area contributed by atoms with Crippen molar-refractivity contribution in [3.05, 3.63) is 12.0 Å². The molecule has 2 aliphatic heterocycles. The van der Waals surface area contributed by atoms with Crippen molar-refractivity contribution >= 4 is 11.8 Å². The molecule has 0 saturated heterocycles. The van der Waals surface area contributed by atoms with Crippen molar-refractivity contribution in [1.29, 1.82) is 5.26 Å². The summed E-state index contributed by atoms with van der Waals surface area (Å²) in [4.78, 5) is 8.07. The van der Waals surface area contributed by atoms with Gasteiger partial charge in [-0.15, -0.1) is 0 Å². The van der Waals surface area contributed by atoms with Crippen LogP contribution < -0.4 is 11.1 Å². The lowest BCUT2D eigenvalue weighted by molar-refractivity contribution is 0.0208. The lowest BCUT2D eigenvalue weighted by Gasteiger charge is -2.36. The van der Waals surface area contributed by atoms with E-state index in [0.717, 1.165) is 0 Å². The van der Waals surface area contributed by atoms with Crippen molar-refractivity contribution < 1.29 is 14.9 Å². The Hall–Kier alpha value is -2.31. The van der Waals surface area contributed by atoms with Crippen LogP contribution in [0.4, 0.5) is 5.82 Å². The topological polar surface area (TPSA) is 142 Å². The van der Waals surface area contributed by atoms with E-state index < -0.39 is 31.0 Å². The Kier molecular flexibility index (Phi) is 2.55. The largest absolute Gasteiger partial charge is 0.455 e. The molecule has 19 heavy (non-hydrogen) atoms. The molecule has 100 valence electrons. The van der Waals surface area contributed by atoms with Gasteiger partial charge in [0, 0.05) is 0 Å². The molecule has 0 amide bonds. The number of imidazole rings is 1. The van der Waals surface area contributed by atoms with Gasteiger partial charge in [-0.05, 0) is 0 Å². The fourth-order valence-corrected chi connectivity index (χ4v) is 2.37. The summed E-state index contributed by atoms with van der Waals surface area (Å²) >= 11 is 0. The first-order chi connectivity index (χ1) is 9.15. The second kappa shape index (κ2) is 4.11. The highest BCUT2D eigenvalue weighted by Crippen LogP contribution is 2.36. The van der Waals surface area contributed by atoms with Crippen molar-refractivity contribution in [1.82, 2.24) is 9.55 Å². The monoisotopic (exact) mass is 264 g/mol. The average molecular weight is 264 g/mol. The molecule has 2 aliphatic rings. The van der Waals surface area contributed by atoms with E-state index in [1.165, 1.54) is 6.33 Å². The maximum absolute atomic E-state index is 9.85. The van der Waals surface area contributed by atoms with Gasteiger partial charge >= 0.3 is 0 Å². The molecule has 0 aliphatic carbocycles. The quantitative estimate of drug-likeness (QED) is 0.489. The molecular formula is C10H12N6O3. The molecule has 9 heteroatoms. The standard InChI is InChI=1S/C10H12N6O3/c11-1-4-8-14-6(5(18)2-17)7-9(15-10(12)19-7)16(8)3-13-4/h3,5-7,9,14,17-18H,2H2,(H2,12,15)/t5-,6-,7+,9-/m0/s1. The minimum absolute atomic E-state index is 0.00648. The summed E-state index contributed by atoms with van der Waals surface area (Å²) in [7, 11) is 0. The van der Waals surface area contributed by atoms with E-state index >= 15 is 0 Å². The number of fused-ring (bicyclic) bond motifs is 3. The highest BCUT2D eigenvalue weighted by molar-refractivity contribution is 5.74. The van der Waals surface area contributed by atoms with Crippen LogP contribution in [0.15, 0.2) is 11.3 Å². The summed E-state index contributed by atoms with van der Waals surface area (Å²) in [5, 5.41) is 30.9. The zero-order valence-corrected chi connectivity index (χ0v) is 9.76. The van der Waals surface area contributed by atoms with Gasteiger partial charge in [0.25, 0.3) is 6.02 Å². The number of anilines is 1. The molecule has 0 aromatic carbocycles. The molecule has 9 nitrogen and oxygen atoms in total. The Bertz CT molecular complexity index is 576. The number of aliphatic imine (C=N–C) groups is 1. The number of aliphatic hydroxyl groups is 2. The van der Waals surface area contributed by atoms with Crippen molar-refractivity contribution in [3.63, 3.8) is 0 Å². The van der Waals surface area contributed by atoms with Crippen molar-refractivity contribution in [2.75, 3.05) is 11.9 Å². The summed E-state index contributed by atoms with van der Waals surface area (Å²) in [5.74, 6) is 0.434. The number of nitriles is 1. The van der Waals surface area contributed by atoms with E-state index in [2.05, 4.69) is 15.3 Å². The molecule has 0 radical (unpaired) electrons. The van der Waals surface area contributed by atoms with Crippen molar-refractivity contribution in [2.24, 2.45) is 10.7 Å². The predicted molar refractivity (Wildman–Crippen MR) is 63.0 cm³/mol. The van der Waals surface area contributed by atoms with Gasteiger partial charge in [-0.1, -0.05) is 0 Å². The van der Waals surface area contributed by atoms with Crippen LogP contribution in [0.25, 0.3) is 0 Å². The normalized spacial score (nSPS) is 29.3. The minimum Gasteiger partial charge on any atom is -0.455 e. The highest BCUT2D eigenvalue weighted by Gasteiger charge is 2.46. The average Bonchev–Trinajstić information content (AvgIpc) is 2.98. The third kappa shape index (κ3) is 1.61. The number of hydrogen-bond acceptors (Lipinski definition) is 8. The summed E-state index contributed by atoms with van der Waals surface area (Å²) in [6, 6.07) is 1.32. The van der Waals surface area contributed by atoms with E-state index in [4.69, 9.17) is 20.8 Å². The van der Waals surface area contributed by atoms with Gasteiger partial charge in [-0.25, -0.2) is 9.98 Å². The lowest BCUT2D eigenvalue weighted by Crippen LogP contribution is -2.52. The van der Waals surface area contributed by atoms with Crippen LogP contribution >= 0.6 is 0 Å². The summed E-state index contributed by atoms with van der Waals surface area (Å²) in [6.45, 7) is -0.444. The van der Waals surface area contributed by atoms with Gasteiger partial charge in [0.05, 0.1) is 19.0 Å². The molecule has 0 bridgehead atoms. The maximum atomic E-state index is 9.85. The van der Waals surface area contributed by atoms with E-state index in [1.54, 1.807) is 4.57 Å². The Labute approximate surface area is 107 Å². The van der Waals surface area contributed by atoms with Crippen LogP contribution in [0.5, 0.6) is 0 Å². The van der Waals surface area contributed by atoms with Gasteiger partial charge in [-0.2, -0.15) is 5.26 Å². The van der Waals surface area contributed by atoms with Gasteiger partial charge < -0.3 is 26.0 Å². The number of hydrogen-bond donors (Lipinski definition) is 4. The molecular weight excluding hydrogens is 252 g/mol. The number of aromatic nitrogens is 2. The van der Waals surface area contributed by atoms with Crippen LogP contribution in [-0.4, -0.2) is 50.6 Å². The second-order valence-electron chi connectivity index (χ2n) is 4.34. The van der Waals surface area contributed by atoms with Crippen LogP contribution in [0.3, 0.4) is 0 Å². The summed E-state index contributed by atoms with van der Waals surface area (Å²) < 4.78 is 6.99. The number of aliphatic hydroxyl groups excluding tert-OH is 2. The SMILES string of the molecule is N#Cc1ncn2c1N[C@@H]([C@@H](O)CO)[C@H]1OC(N)=N[C@H]12. The van der Waals surface area contributed by atoms with E-state index in [1.807, 2.05) is 6.07 Å². The summed E-state index contributed by atoms with van der Waals surface area (Å²) in [5.41, 5.74) is 5.74. The molecule has 4 atom stereocenters. The number of nitrogens with zero attached hydrogens (tertiary/aromatic N) is 4. The lowest BCUT2D eigenvalue weighted by atomic mass is 10.0. The molecule has 5 N–H and O–H groups in total. The Balaban J connectivity index is 2.05. The smallest absolute Gasteiger partial charge is 0.284 e. The van der Waals surface area contributed by atoms with Gasteiger partial charge in [-0.3, -0.25) is 4.57 Å². The number of nitrogens with one attached hydrogen (secondary N) is 1. The third-order valence-electron chi connectivity index (χ3n) is 3.25. The number of ether oxygens (including phenoxy) is 1.